The highest BCUT2D eigenvalue weighted by Gasteiger charge is 2.26. The average molecular weight is 522 g/mol. The standard InChI is InChI=1S/C29H27N7O3/c1-4-27(37)36-12-11-21(15-36)39-26-10-7-22-28(34-26)29(31-16-30-22)33-19-5-9-25(18(2)13-19)38-20-6-8-24-23(14-20)32-17-35(24)3/h4-10,13-14,16-17,21H,1,11-12,15H2,2-3H3,(H,30,31,33). The Morgan fingerprint density at radius 2 is 2.00 bits per heavy atom. The summed E-state index contributed by atoms with van der Waals surface area (Å²) in [6.07, 6.45) is 5.22. The van der Waals surface area contributed by atoms with E-state index in [-0.39, 0.29) is 12.0 Å². The Bertz CT molecular complexity index is 1710. The van der Waals surface area contributed by atoms with Crippen LogP contribution in [0, 0.1) is 6.92 Å². The second kappa shape index (κ2) is 10.1. The van der Waals surface area contributed by atoms with Crippen molar-refractivity contribution in [2.24, 2.45) is 7.05 Å². The van der Waals surface area contributed by atoms with Crippen LogP contribution in [0.3, 0.4) is 0 Å². The molecule has 3 aromatic heterocycles. The molecule has 0 spiro atoms. The van der Waals surface area contributed by atoms with E-state index in [1.165, 1.54) is 12.4 Å². The number of nitrogens with one attached hydrogen (secondary N) is 1. The summed E-state index contributed by atoms with van der Waals surface area (Å²) in [4.78, 5) is 31.5. The third-order valence-electron chi connectivity index (χ3n) is 6.74. The maximum Gasteiger partial charge on any atom is 0.246 e. The molecule has 10 nitrogen and oxygen atoms in total. The van der Waals surface area contributed by atoms with Crippen LogP contribution in [0.5, 0.6) is 17.4 Å². The molecule has 2 aromatic carbocycles. The van der Waals surface area contributed by atoms with Crippen LogP contribution < -0.4 is 14.8 Å². The zero-order valence-corrected chi connectivity index (χ0v) is 21.7. The molecule has 10 heteroatoms. The molecule has 0 aliphatic carbocycles. The number of pyridine rings is 1. The van der Waals surface area contributed by atoms with Gasteiger partial charge in [0.25, 0.3) is 0 Å². The zero-order chi connectivity index (χ0) is 26.9. The highest BCUT2D eigenvalue weighted by molar-refractivity contribution is 5.88. The van der Waals surface area contributed by atoms with E-state index in [0.717, 1.165) is 40.2 Å². The van der Waals surface area contributed by atoms with E-state index in [1.54, 1.807) is 17.3 Å². The van der Waals surface area contributed by atoms with Gasteiger partial charge in [0.05, 0.1) is 29.4 Å². The molecule has 1 atom stereocenters. The Balaban J connectivity index is 1.19. The van der Waals surface area contributed by atoms with Crippen molar-refractivity contribution in [2.75, 3.05) is 18.4 Å². The van der Waals surface area contributed by atoms with Gasteiger partial charge in [0.2, 0.25) is 11.8 Å². The molecule has 0 saturated carbocycles. The fraction of sp³-hybridized carbons (Fsp3) is 0.207. The number of likely N-dealkylation sites (tertiary alicyclic amines) is 1. The van der Waals surface area contributed by atoms with Gasteiger partial charge in [-0.1, -0.05) is 6.58 Å². The van der Waals surface area contributed by atoms with Crippen molar-refractivity contribution < 1.29 is 14.3 Å². The highest BCUT2D eigenvalue weighted by Crippen LogP contribution is 2.31. The third kappa shape index (κ3) is 4.96. The number of hydrogen-bond acceptors (Lipinski definition) is 8. The lowest BCUT2D eigenvalue weighted by atomic mass is 10.2. The second-order valence-corrected chi connectivity index (χ2v) is 9.47. The Morgan fingerprint density at radius 3 is 2.85 bits per heavy atom. The van der Waals surface area contributed by atoms with Crippen LogP contribution in [0.15, 0.2) is 73.8 Å². The molecule has 0 radical (unpaired) electrons. The van der Waals surface area contributed by atoms with Gasteiger partial charge < -0.3 is 24.3 Å². The number of aromatic nitrogens is 5. The van der Waals surface area contributed by atoms with E-state index in [0.29, 0.717) is 35.8 Å². The van der Waals surface area contributed by atoms with Crippen molar-refractivity contribution in [3.8, 4) is 17.4 Å². The number of imidazole rings is 1. The predicted octanol–water partition coefficient (Wildman–Crippen LogP) is 4.92. The van der Waals surface area contributed by atoms with Crippen molar-refractivity contribution in [1.82, 2.24) is 29.4 Å². The van der Waals surface area contributed by atoms with Crippen LogP contribution in [0.4, 0.5) is 11.5 Å². The normalized spacial score (nSPS) is 15.0. The molecule has 1 N–H and O–H groups in total. The Hall–Kier alpha value is -4.99. The maximum atomic E-state index is 11.9. The van der Waals surface area contributed by atoms with Crippen molar-refractivity contribution >= 4 is 39.5 Å². The van der Waals surface area contributed by atoms with Gasteiger partial charge in [0.1, 0.15) is 29.4 Å². The quantitative estimate of drug-likeness (QED) is 0.301. The summed E-state index contributed by atoms with van der Waals surface area (Å²) in [7, 11) is 1.97. The summed E-state index contributed by atoms with van der Waals surface area (Å²) < 4.78 is 14.2. The van der Waals surface area contributed by atoms with Gasteiger partial charge in [0.15, 0.2) is 5.82 Å². The van der Waals surface area contributed by atoms with Gasteiger partial charge in [-0.2, -0.15) is 0 Å². The van der Waals surface area contributed by atoms with Gasteiger partial charge >= 0.3 is 0 Å². The Labute approximate surface area is 224 Å². The molecule has 1 aliphatic heterocycles. The number of amides is 1. The monoisotopic (exact) mass is 521 g/mol. The summed E-state index contributed by atoms with van der Waals surface area (Å²) in [6, 6.07) is 15.3. The van der Waals surface area contributed by atoms with E-state index in [2.05, 4.69) is 31.8 Å². The summed E-state index contributed by atoms with van der Waals surface area (Å²) >= 11 is 0. The predicted molar refractivity (Wildman–Crippen MR) is 148 cm³/mol. The molecule has 196 valence electrons. The van der Waals surface area contributed by atoms with Crippen LogP contribution in [-0.4, -0.2) is 54.5 Å². The summed E-state index contributed by atoms with van der Waals surface area (Å²) in [6.45, 7) is 6.69. The van der Waals surface area contributed by atoms with E-state index in [4.69, 9.17) is 9.47 Å². The first-order valence-electron chi connectivity index (χ1n) is 12.6. The van der Waals surface area contributed by atoms with Crippen LogP contribution in [0.1, 0.15) is 12.0 Å². The number of benzene rings is 2. The number of carbonyl (C=O) groups is 1. The van der Waals surface area contributed by atoms with Crippen LogP contribution in [0.25, 0.3) is 22.1 Å². The molecule has 1 amide bonds. The number of fused-ring (bicyclic) bond motifs is 2. The molecule has 39 heavy (non-hydrogen) atoms. The number of aryl methyl sites for hydroxylation is 2. The number of rotatable bonds is 7. The smallest absolute Gasteiger partial charge is 0.246 e. The highest BCUT2D eigenvalue weighted by atomic mass is 16.5. The van der Waals surface area contributed by atoms with Crippen LogP contribution >= 0.6 is 0 Å². The zero-order valence-electron chi connectivity index (χ0n) is 21.7. The summed E-state index contributed by atoms with van der Waals surface area (Å²) in [5, 5.41) is 3.35. The van der Waals surface area contributed by atoms with Gasteiger partial charge in [-0.25, -0.2) is 19.9 Å². The summed E-state index contributed by atoms with van der Waals surface area (Å²) in [5.74, 6) is 2.41. The molecule has 1 fully saturated rings. The molecular weight excluding hydrogens is 494 g/mol. The Morgan fingerprint density at radius 1 is 1.10 bits per heavy atom. The molecule has 1 saturated heterocycles. The van der Waals surface area contributed by atoms with E-state index >= 15 is 0 Å². The molecular formula is C29H27N7O3. The van der Waals surface area contributed by atoms with Crippen molar-refractivity contribution in [3.05, 3.63) is 79.4 Å². The lowest BCUT2D eigenvalue weighted by molar-refractivity contribution is -0.125. The Kier molecular flexibility index (Phi) is 6.28. The minimum atomic E-state index is -0.131. The van der Waals surface area contributed by atoms with Gasteiger partial charge in [0, 0.05) is 37.8 Å². The lowest BCUT2D eigenvalue weighted by Gasteiger charge is -2.16. The van der Waals surface area contributed by atoms with Gasteiger partial charge in [-0.15, -0.1) is 0 Å². The van der Waals surface area contributed by atoms with E-state index < -0.39 is 0 Å². The third-order valence-corrected chi connectivity index (χ3v) is 6.74. The summed E-state index contributed by atoms with van der Waals surface area (Å²) in [5.41, 5.74) is 5.00. The van der Waals surface area contributed by atoms with Crippen LogP contribution in [-0.2, 0) is 11.8 Å². The first kappa shape index (κ1) is 24.4. The SMILES string of the molecule is C=CC(=O)N1CCC(Oc2ccc3ncnc(Nc4ccc(Oc5ccc6c(c5)ncn6C)c(C)c4)c3n2)C1. The molecule has 6 rings (SSSR count). The number of carbonyl (C=O) groups excluding carboxylic acids is 1. The maximum absolute atomic E-state index is 11.9. The average Bonchev–Trinajstić information content (AvgIpc) is 3.56. The molecule has 5 aromatic rings. The van der Waals surface area contributed by atoms with Crippen molar-refractivity contribution in [2.45, 2.75) is 19.4 Å². The van der Waals surface area contributed by atoms with Gasteiger partial charge in [-0.3, -0.25) is 4.79 Å². The molecule has 1 unspecified atom stereocenters. The first-order chi connectivity index (χ1) is 19.0. The molecule has 1 aliphatic rings. The number of ether oxygens (including phenoxy) is 2. The van der Waals surface area contributed by atoms with E-state index in [9.17, 15) is 4.79 Å². The largest absolute Gasteiger partial charge is 0.472 e. The number of hydrogen-bond donors (Lipinski definition) is 1. The molecule has 4 heterocycles. The van der Waals surface area contributed by atoms with E-state index in [1.807, 2.05) is 61.0 Å². The first-order valence-corrected chi connectivity index (χ1v) is 12.6. The number of nitrogens with zero attached hydrogens (tertiary/aromatic N) is 6. The lowest BCUT2D eigenvalue weighted by Crippen LogP contribution is -2.29. The molecule has 0 bridgehead atoms. The van der Waals surface area contributed by atoms with Crippen molar-refractivity contribution in [3.63, 3.8) is 0 Å². The number of anilines is 2. The van der Waals surface area contributed by atoms with Crippen molar-refractivity contribution in [1.29, 1.82) is 0 Å². The fourth-order valence-corrected chi connectivity index (χ4v) is 4.69. The van der Waals surface area contributed by atoms with Crippen LogP contribution in [0.2, 0.25) is 0 Å². The fourth-order valence-electron chi connectivity index (χ4n) is 4.69. The minimum Gasteiger partial charge on any atom is -0.472 e. The topological polar surface area (TPSA) is 107 Å². The second-order valence-electron chi connectivity index (χ2n) is 9.47. The van der Waals surface area contributed by atoms with Gasteiger partial charge in [-0.05, 0) is 55.0 Å². The minimum absolute atomic E-state index is 0.0894.